The Hall–Kier alpha value is -3.43. The van der Waals surface area contributed by atoms with Gasteiger partial charge in [0.2, 0.25) is 11.8 Å². The predicted octanol–water partition coefficient (Wildman–Crippen LogP) is 2.12. The standard InChI is InChI=1S/C20H18Cl2N6O3/c21-13-4-5-15(16(22)9-13)20(31)25-10-18(29)24-11-19(30)26-17-6-8-28(27-17)12-14-3-1-2-7-23-14/h1-9H,10-12H2,(H,24,29)(H,25,31)(H,26,27,30). The molecule has 11 heteroatoms. The molecule has 0 saturated heterocycles. The fourth-order valence-corrected chi connectivity index (χ4v) is 3.03. The first-order valence-electron chi connectivity index (χ1n) is 9.14. The smallest absolute Gasteiger partial charge is 0.253 e. The molecule has 3 aromatic rings. The topological polar surface area (TPSA) is 118 Å². The zero-order valence-electron chi connectivity index (χ0n) is 16.1. The lowest BCUT2D eigenvalue weighted by Gasteiger charge is -2.08. The minimum atomic E-state index is -0.533. The van der Waals surface area contributed by atoms with Crippen LogP contribution >= 0.6 is 23.2 Å². The van der Waals surface area contributed by atoms with Gasteiger partial charge in [-0.15, -0.1) is 0 Å². The Morgan fingerprint density at radius 2 is 1.77 bits per heavy atom. The second-order valence-electron chi connectivity index (χ2n) is 6.35. The van der Waals surface area contributed by atoms with E-state index in [1.165, 1.54) is 18.2 Å². The number of amides is 3. The van der Waals surface area contributed by atoms with E-state index in [0.717, 1.165) is 5.69 Å². The van der Waals surface area contributed by atoms with Crippen molar-refractivity contribution in [1.29, 1.82) is 0 Å². The molecule has 2 aromatic heterocycles. The highest BCUT2D eigenvalue weighted by Gasteiger charge is 2.13. The zero-order valence-corrected chi connectivity index (χ0v) is 17.7. The van der Waals surface area contributed by atoms with Gasteiger partial charge in [-0.2, -0.15) is 5.10 Å². The van der Waals surface area contributed by atoms with E-state index in [1.807, 2.05) is 18.2 Å². The third-order valence-corrected chi connectivity index (χ3v) is 4.54. The molecule has 1 aromatic carbocycles. The molecule has 0 fully saturated rings. The summed E-state index contributed by atoms with van der Waals surface area (Å²) in [5, 5.41) is 12.2. The van der Waals surface area contributed by atoms with E-state index in [4.69, 9.17) is 23.2 Å². The summed E-state index contributed by atoms with van der Waals surface area (Å²) in [6, 6.07) is 11.6. The van der Waals surface area contributed by atoms with E-state index < -0.39 is 17.7 Å². The Morgan fingerprint density at radius 3 is 2.52 bits per heavy atom. The average molecular weight is 461 g/mol. The number of carbonyl (C=O) groups excluding carboxylic acids is 3. The molecule has 0 atom stereocenters. The highest BCUT2D eigenvalue weighted by Crippen LogP contribution is 2.20. The molecule has 0 bridgehead atoms. The lowest BCUT2D eigenvalue weighted by atomic mass is 10.2. The van der Waals surface area contributed by atoms with E-state index in [1.54, 1.807) is 23.1 Å². The van der Waals surface area contributed by atoms with Crippen molar-refractivity contribution >= 4 is 46.7 Å². The van der Waals surface area contributed by atoms with Gasteiger partial charge in [0, 0.05) is 23.5 Å². The number of hydrogen-bond donors (Lipinski definition) is 3. The van der Waals surface area contributed by atoms with Crippen molar-refractivity contribution < 1.29 is 14.4 Å². The van der Waals surface area contributed by atoms with Crippen LogP contribution in [-0.2, 0) is 16.1 Å². The summed E-state index contributed by atoms with van der Waals surface area (Å²) in [6.07, 6.45) is 3.40. The molecule has 3 rings (SSSR count). The van der Waals surface area contributed by atoms with Gasteiger partial charge in [0.25, 0.3) is 5.91 Å². The number of pyridine rings is 1. The Balaban J connectivity index is 1.40. The normalized spacial score (nSPS) is 10.4. The molecule has 0 aliphatic carbocycles. The molecule has 0 saturated carbocycles. The van der Waals surface area contributed by atoms with Crippen LogP contribution in [0.4, 0.5) is 5.82 Å². The number of hydrogen-bond acceptors (Lipinski definition) is 5. The van der Waals surface area contributed by atoms with Gasteiger partial charge in [0.05, 0.1) is 35.9 Å². The van der Waals surface area contributed by atoms with Gasteiger partial charge >= 0.3 is 0 Å². The van der Waals surface area contributed by atoms with Gasteiger partial charge in [-0.1, -0.05) is 29.3 Å². The monoisotopic (exact) mass is 460 g/mol. The minimum Gasteiger partial charge on any atom is -0.345 e. The predicted molar refractivity (Wildman–Crippen MR) is 116 cm³/mol. The Kier molecular flexibility index (Phi) is 7.58. The minimum absolute atomic E-state index is 0.173. The molecule has 0 aliphatic rings. The number of aromatic nitrogens is 3. The van der Waals surface area contributed by atoms with Crippen molar-refractivity contribution in [2.45, 2.75) is 6.54 Å². The lowest BCUT2D eigenvalue weighted by molar-refractivity contribution is -0.123. The number of nitrogens with one attached hydrogen (secondary N) is 3. The quantitative estimate of drug-likeness (QED) is 0.475. The van der Waals surface area contributed by atoms with Gasteiger partial charge < -0.3 is 16.0 Å². The van der Waals surface area contributed by atoms with Crippen LogP contribution in [0, 0.1) is 0 Å². The van der Waals surface area contributed by atoms with Crippen LogP contribution in [0.3, 0.4) is 0 Å². The molecule has 9 nitrogen and oxygen atoms in total. The number of nitrogens with zero attached hydrogens (tertiary/aromatic N) is 3. The van der Waals surface area contributed by atoms with E-state index in [2.05, 4.69) is 26.0 Å². The Labute approximate surface area is 187 Å². The zero-order chi connectivity index (χ0) is 22.2. The maximum Gasteiger partial charge on any atom is 0.253 e. The molecule has 2 heterocycles. The first-order chi connectivity index (χ1) is 14.9. The van der Waals surface area contributed by atoms with Crippen molar-refractivity contribution in [3.05, 3.63) is 76.2 Å². The summed E-state index contributed by atoms with van der Waals surface area (Å²) < 4.78 is 1.63. The van der Waals surface area contributed by atoms with Crippen LogP contribution in [0.2, 0.25) is 10.0 Å². The Bertz CT molecular complexity index is 1090. The van der Waals surface area contributed by atoms with Gasteiger partial charge in [0.15, 0.2) is 5.82 Å². The molecule has 0 radical (unpaired) electrons. The number of benzene rings is 1. The molecule has 0 unspecified atom stereocenters. The van der Waals surface area contributed by atoms with Gasteiger partial charge in [0.1, 0.15) is 0 Å². The summed E-state index contributed by atoms with van der Waals surface area (Å²) in [7, 11) is 0. The summed E-state index contributed by atoms with van der Waals surface area (Å²) in [6.45, 7) is -0.127. The number of anilines is 1. The first-order valence-corrected chi connectivity index (χ1v) is 9.89. The Morgan fingerprint density at radius 1 is 0.968 bits per heavy atom. The fourth-order valence-electron chi connectivity index (χ4n) is 2.53. The highest BCUT2D eigenvalue weighted by atomic mass is 35.5. The largest absolute Gasteiger partial charge is 0.345 e. The summed E-state index contributed by atoms with van der Waals surface area (Å²) >= 11 is 11.7. The molecule has 160 valence electrons. The highest BCUT2D eigenvalue weighted by molar-refractivity contribution is 6.36. The molecule has 3 amide bonds. The molecular weight excluding hydrogens is 443 g/mol. The average Bonchev–Trinajstić information content (AvgIpc) is 3.17. The first kappa shape index (κ1) is 22.3. The van der Waals surface area contributed by atoms with Crippen LogP contribution in [0.15, 0.2) is 54.9 Å². The summed E-state index contributed by atoms with van der Waals surface area (Å²) in [5.74, 6) is -1.17. The van der Waals surface area contributed by atoms with E-state index in [9.17, 15) is 14.4 Å². The number of carbonyl (C=O) groups is 3. The molecule has 3 N–H and O–H groups in total. The summed E-state index contributed by atoms with van der Waals surface area (Å²) in [5.41, 5.74) is 1.02. The summed E-state index contributed by atoms with van der Waals surface area (Å²) in [4.78, 5) is 40.2. The molecule has 31 heavy (non-hydrogen) atoms. The van der Waals surface area contributed by atoms with Crippen molar-refractivity contribution in [2.75, 3.05) is 18.4 Å². The van der Waals surface area contributed by atoms with Gasteiger partial charge in [-0.25, -0.2) is 0 Å². The maximum atomic E-state index is 12.1. The third-order valence-electron chi connectivity index (χ3n) is 3.99. The van der Waals surface area contributed by atoms with Gasteiger partial charge in [-0.3, -0.25) is 24.0 Å². The van der Waals surface area contributed by atoms with Crippen LogP contribution < -0.4 is 16.0 Å². The van der Waals surface area contributed by atoms with Crippen LogP contribution in [0.5, 0.6) is 0 Å². The molecule has 0 spiro atoms. The van der Waals surface area contributed by atoms with Crippen LogP contribution in [-0.4, -0.2) is 45.6 Å². The lowest BCUT2D eigenvalue weighted by Crippen LogP contribution is -2.40. The number of halogens is 2. The van der Waals surface area contributed by atoms with E-state index >= 15 is 0 Å². The molecular formula is C20H18Cl2N6O3. The van der Waals surface area contributed by atoms with E-state index in [-0.39, 0.29) is 23.7 Å². The van der Waals surface area contributed by atoms with Gasteiger partial charge in [-0.05, 0) is 30.3 Å². The van der Waals surface area contributed by atoms with Crippen LogP contribution in [0.1, 0.15) is 16.1 Å². The van der Waals surface area contributed by atoms with Crippen molar-refractivity contribution in [3.8, 4) is 0 Å². The van der Waals surface area contributed by atoms with E-state index in [0.29, 0.717) is 17.4 Å². The van der Waals surface area contributed by atoms with Crippen molar-refractivity contribution in [1.82, 2.24) is 25.4 Å². The van der Waals surface area contributed by atoms with Crippen LogP contribution in [0.25, 0.3) is 0 Å². The number of rotatable bonds is 8. The molecule has 0 aliphatic heterocycles. The maximum absolute atomic E-state index is 12.1. The second kappa shape index (κ2) is 10.6. The third kappa shape index (κ3) is 6.80. The van der Waals surface area contributed by atoms with Crippen molar-refractivity contribution in [2.24, 2.45) is 0 Å². The fraction of sp³-hybridized carbons (Fsp3) is 0.150. The SMILES string of the molecule is O=C(CNC(=O)c1ccc(Cl)cc1Cl)NCC(=O)Nc1ccn(Cc2ccccn2)n1. The van der Waals surface area contributed by atoms with Crippen molar-refractivity contribution in [3.63, 3.8) is 0 Å². The second-order valence-corrected chi connectivity index (χ2v) is 7.20.